The standard InChI is InChI=1S/C30H47NO10/c1-10-13-19(4)25(32)36-18-20(5)37-26(33)22(31)16-21-14-15-23(38-27(34)40-29(6,7)11-2)24(17-21)39-28(35)41-30(8,9)12-3/h14-15,17,19-20,22H,10-13,16,18,31H2,1-9H3/t19?,20-,22-/m0/s1. The summed E-state index contributed by atoms with van der Waals surface area (Å²) in [5.74, 6) is -1.49. The number of ether oxygens (including phenoxy) is 6. The van der Waals surface area contributed by atoms with Crippen LogP contribution < -0.4 is 15.2 Å². The maximum atomic E-state index is 12.6. The number of carbonyl (C=O) groups excluding carboxylic acids is 4. The molecule has 3 atom stereocenters. The average molecular weight is 582 g/mol. The van der Waals surface area contributed by atoms with Gasteiger partial charge >= 0.3 is 24.2 Å². The summed E-state index contributed by atoms with van der Waals surface area (Å²) < 4.78 is 31.9. The van der Waals surface area contributed by atoms with Crippen molar-refractivity contribution in [1.29, 1.82) is 0 Å². The highest BCUT2D eigenvalue weighted by atomic mass is 16.8. The molecular weight excluding hydrogens is 534 g/mol. The molecular formula is C30H47NO10. The first kappa shape index (κ1) is 35.7. The van der Waals surface area contributed by atoms with Gasteiger partial charge in [-0.3, -0.25) is 9.59 Å². The van der Waals surface area contributed by atoms with Gasteiger partial charge in [-0.2, -0.15) is 0 Å². The molecule has 0 radical (unpaired) electrons. The molecule has 1 aromatic carbocycles. The van der Waals surface area contributed by atoms with E-state index in [1.165, 1.54) is 12.1 Å². The van der Waals surface area contributed by atoms with Crippen LogP contribution in [-0.4, -0.2) is 54.2 Å². The summed E-state index contributed by atoms with van der Waals surface area (Å²) in [6.07, 6.45) is -0.00782. The molecule has 0 saturated carbocycles. The second kappa shape index (κ2) is 16.2. The van der Waals surface area contributed by atoms with Gasteiger partial charge < -0.3 is 34.2 Å². The molecule has 1 aromatic rings. The van der Waals surface area contributed by atoms with Gasteiger partial charge in [0, 0.05) is 0 Å². The van der Waals surface area contributed by atoms with Crippen LogP contribution in [0.5, 0.6) is 11.5 Å². The lowest BCUT2D eigenvalue weighted by molar-refractivity contribution is -0.161. The molecule has 11 heteroatoms. The fourth-order valence-electron chi connectivity index (χ4n) is 3.21. The molecule has 0 heterocycles. The highest BCUT2D eigenvalue weighted by Crippen LogP contribution is 2.31. The van der Waals surface area contributed by atoms with Gasteiger partial charge in [0.25, 0.3) is 0 Å². The van der Waals surface area contributed by atoms with Crippen LogP contribution in [0.3, 0.4) is 0 Å². The molecule has 2 N–H and O–H groups in total. The van der Waals surface area contributed by atoms with Crippen LogP contribution in [0, 0.1) is 5.92 Å². The van der Waals surface area contributed by atoms with Crippen LogP contribution >= 0.6 is 0 Å². The summed E-state index contributed by atoms with van der Waals surface area (Å²) >= 11 is 0. The minimum atomic E-state index is -1.08. The number of hydrogen-bond donors (Lipinski definition) is 1. The molecule has 0 aromatic heterocycles. The first-order valence-corrected chi connectivity index (χ1v) is 14.1. The molecule has 232 valence electrons. The molecule has 0 spiro atoms. The topological polar surface area (TPSA) is 150 Å². The largest absolute Gasteiger partial charge is 0.514 e. The Labute approximate surface area is 243 Å². The molecule has 0 saturated heterocycles. The Hall–Kier alpha value is -3.34. The number of benzene rings is 1. The van der Waals surface area contributed by atoms with Crippen LogP contribution in [0.1, 0.15) is 93.6 Å². The lowest BCUT2D eigenvalue weighted by Gasteiger charge is -2.24. The Bertz CT molecular complexity index is 1040. The van der Waals surface area contributed by atoms with Crippen molar-refractivity contribution in [3.63, 3.8) is 0 Å². The van der Waals surface area contributed by atoms with E-state index in [0.29, 0.717) is 24.8 Å². The van der Waals surface area contributed by atoms with E-state index in [0.717, 1.165) is 6.42 Å². The van der Waals surface area contributed by atoms with Gasteiger partial charge in [-0.15, -0.1) is 0 Å². The van der Waals surface area contributed by atoms with Crippen molar-refractivity contribution in [3.05, 3.63) is 23.8 Å². The van der Waals surface area contributed by atoms with Crippen molar-refractivity contribution in [2.45, 2.75) is 118 Å². The van der Waals surface area contributed by atoms with Gasteiger partial charge in [-0.25, -0.2) is 9.59 Å². The van der Waals surface area contributed by atoms with E-state index < -0.39 is 41.6 Å². The van der Waals surface area contributed by atoms with E-state index >= 15 is 0 Å². The quantitative estimate of drug-likeness (QED) is 0.150. The first-order chi connectivity index (χ1) is 19.0. The van der Waals surface area contributed by atoms with E-state index in [2.05, 4.69) is 0 Å². The van der Waals surface area contributed by atoms with E-state index in [4.69, 9.17) is 34.2 Å². The Morgan fingerprint density at radius 3 is 1.88 bits per heavy atom. The molecule has 11 nitrogen and oxygen atoms in total. The Morgan fingerprint density at radius 1 is 0.829 bits per heavy atom. The van der Waals surface area contributed by atoms with E-state index in [9.17, 15) is 19.2 Å². The lowest BCUT2D eigenvalue weighted by atomic mass is 10.1. The lowest BCUT2D eigenvalue weighted by Crippen LogP contribution is -2.37. The molecule has 0 aliphatic rings. The molecule has 41 heavy (non-hydrogen) atoms. The summed E-state index contributed by atoms with van der Waals surface area (Å²) in [6.45, 7) is 15.9. The van der Waals surface area contributed by atoms with Gasteiger partial charge in [0.05, 0.1) is 5.92 Å². The van der Waals surface area contributed by atoms with E-state index in [1.807, 2.05) is 20.8 Å². The van der Waals surface area contributed by atoms with Crippen molar-refractivity contribution in [1.82, 2.24) is 0 Å². The second-order valence-electron chi connectivity index (χ2n) is 11.3. The zero-order chi connectivity index (χ0) is 31.4. The van der Waals surface area contributed by atoms with E-state index in [-0.39, 0.29) is 36.4 Å². The summed E-state index contributed by atoms with van der Waals surface area (Å²) in [7, 11) is 0. The molecule has 0 bridgehead atoms. The molecule has 0 amide bonds. The minimum Gasteiger partial charge on any atom is -0.462 e. The van der Waals surface area contributed by atoms with Crippen molar-refractivity contribution < 1.29 is 47.6 Å². The van der Waals surface area contributed by atoms with E-state index in [1.54, 1.807) is 47.6 Å². The van der Waals surface area contributed by atoms with Crippen LogP contribution in [0.2, 0.25) is 0 Å². The summed E-state index contributed by atoms with van der Waals surface area (Å²) in [5.41, 5.74) is 5.02. The van der Waals surface area contributed by atoms with Gasteiger partial charge in [-0.1, -0.05) is 40.2 Å². The third-order valence-corrected chi connectivity index (χ3v) is 6.48. The summed E-state index contributed by atoms with van der Waals surface area (Å²) in [4.78, 5) is 49.5. The third-order valence-electron chi connectivity index (χ3n) is 6.48. The van der Waals surface area contributed by atoms with Crippen LogP contribution in [-0.2, 0) is 35.0 Å². The normalized spacial score (nSPS) is 13.8. The van der Waals surface area contributed by atoms with Gasteiger partial charge in [-0.05, 0) is 78.0 Å². The van der Waals surface area contributed by atoms with Crippen molar-refractivity contribution in [2.24, 2.45) is 11.7 Å². The fourth-order valence-corrected chi connectivity index (χ4v) is 3.21. The molecule has 0 aliphatic carbocycles. The van der Waals surface area contributed by atoms with Gasteiger partial charge in [0.15, 0.2) is 11.5 Å². The fraction of sp³-hybridized carbons (Fsp3) is 0.667. The Morgan fingerprint density at radius 2 is 1.37 bits per heavy atom. The number of rotatable bonds is 15. The highest BCUT2D eigenvalue weighted by molar-refractivity contribution is 5.76. The highest BCUT2D eigenvalue weighted by Gasteiger charge is 2.27. The van der Waals surface area contributed by atoms with Crippen LogP contribution in [0.25, 0.3) is 0 Å². The smallest absolute Gasteiger partial charge is 0.462 e. The SMILES string of the molecule is CCCC(C)C(=O)OC[C@H](C)OC(=O)[C@@H](N)Cc1ccc(OC(=O)OC(C)(C)CC)c(OC(=O)OC(C)(C)CC)c1. The van der Waals surface area contributed by atoms with Gasteiger partial charge in [0.1, 0.15) is 30.0 Å². The molecule has 0 aliphatic heterocycles. The average Bonchev–Trinajstić information content (AvgIpc) is 2.88. The maximum Gasteiger partial charge on any atom is 0.514 e. The molecule has 0 fully saturated rings. The van der Waals surface area contributed by atoms with Crippen molar-refractivity contribution in [3.8, 4) is 11.5 Å². The molecule has 1 unspecified atom stereocenters. The number of nitrogens with two attached hydrogens (primary N) is 1. The summed E-state index contributed by atoms with van der Waals surface area (Å²) in [6, 6.07) is 3.31. The monoisotopic (exact) mass is 581 g/mol. The number of hydrogen-bond acceptors (Lipinski definition) is 11. The number of esters is 2. The third kappa shape index (κ3) is 13.2. The van der Waals surface area contributed by atoms with Crippen LogP contribution in [0.4, 0.5) is 9.59 Å². The summed E-state index contributed by atoms with van der Waals surface area (Å²) in [5, 5.41) is 0. The zero-order valence-corrected chi connectivity index (χ0v) is 25.9. The second-order valence-corrected chi connectivity index (χ2v) is 11.3. The maximum absolute atomic E-state index is 12.6. The predicted octanol–water partition coefficient (Wildman–Crippen LogP) is 5.88. The zero-order valence-electron chi connectivity index (χ0n) is 25.9. The van der Waals surface area contributed by atoms with Gasteiger partial charge in [0.2, 0.25) is 0 Å². The Kier molecular flexibility index (Phi) is 14.1. The molecule has 1 rings (SSSR count). The van der Waals surface area contributed by atoms with Crippen LogP contribution in [0.15, 0.2) is 18.2 Å². The van der Waals surface area contributed by atoms with Crippen molar-refractivity contribution in [2.75, 3.05) is 6.61 Å². The number of carbonyl (C=O) groups is 4. The Balaban J connectivity index is 2.98. The van der Waals surface area contributed by atoms with Crippen molar-refractivity contribution >= 4 is 24.2 Å². The minimum absolute atomic E-state index is 0.0122. The first-order valence-electron chi connectivity index (χ1n) is 14.1. The predicted molar refractivity (Wildman–Crippen MR) is 152 cm³/mol.